The normalized spacial score (nSPS) is 11.6. The highest BCUT2D eigenvalue weighted by Gasteiger charge is 2.40. The smallest absolute Gasteiger partial charge is 0.321 e. The van der Waals surface area contributed by atoms with Crippen molar-refractivity contribution >= 4 is 29.1 Å². The number of hydrogen-bond donors (Lipinski definition) is 0. The van der Waals surface area contributed by atoms with Gasteiger partial charge in [0.05, 0.1) is 4.88 Å². The topological polar surface area (TPSA) is 69.7 Å². The molecule has 0 unspecified atom stereocenters. The molecule has 0 N–H and O–H groups in total. The largest absolute Gasteiger partial charge is 0.460 e. The van der Waals surface area contributed by atoms with Gasteiger partial charge in [0.2, 0.25) is 0 Å². The molecule has 1 atom stereocenters. The fraction of sp³-hybridized carbons (Fsp3) is 0.167. The Morgan fingerprint density at radius 2 is 1.14 bits per heavy atom. The quantitative estimate of drug-likeness (QED) is 0.140. The van der Waals surface area contributed by atoms with E-state index in [1.807, 2.05) is 96.4 Å². The van der Waals surface area contributed by atoms with Crippen LogP contribution in [0.3, 0.4) is 0 Å². The van der Waals surface area contributed by atoms with Crippen molar-refractivity contribution in [2.75, 3.05) is 0 Å². The minimum atomic E-state index is -1.30. The third-order valence-electron chi connectivity index (χ3n) is 5.79. The predicted octanol–water partition coefficient (Wildman–Crippen LogP) is 6.21. The zero-order chi connectivity index (χ0) is 25.2. The summed E-state index contributed by atoms with van der Waals surface area (Å²) in [6.07, 6.45) is -0.0317. The molecule has 1 aromatic heterocycles. The van der Waals surface area contributed by atoms with Crippen molar-refractivity contribution in [3.05, 3.63) is 130 Å². The predicted molar refractivity (Wildman–Crippen MR) is 138 cm³/mol. The Kier molecular flexibility index (Phi) is 8.78. The molecule has 0 bridgehead atoms. The zero-order valence-corrected chi connectivity index (χ0v) is 20.4. The SMILES string of the molecule is O=C(C[C@H](c1ccccc1)C(C(=O)OCc1ccccc1)C(=O)OCc1ccccc1)c1cccs1. The van der Waals surface area contributed by atoms with Crippen LogP contribution in [0, 0.1) is 5.92 Å². The number of hydrogen-bond acceptors (Lipinski definition) is 6. The van der Waals surface area contributed by atoms with Crippen molar-refractivity contribution in [2.45, 2.75) is 25.6 Å². The third kappa shape index (κ3) is 6.77. The summed E-state index contributed by atoms with van der Waals surface area (Å²) in [6.45, 7) is 0.0328. The molecule has 5 nitrogen and oxygen atoms in total. The second kappa shape index (κ2) is 12.6. The maximum Gasteiger partial charge on any atom is 0.321 e. The van der Waals surface area contributed by atoms with Crippen LogP contribution in [0.4, 0.5) is 0 Å². The number of esters is 2. The number of benzene rings is 3. The molecular formula is C30H26O5S. The number of ketones is 1. The Hall–Kier alpha value is -4.03. The molecule has 4 rings (SSSR count). The van der Waals surface area contributed by atoms with Gasteiger partial charge in [0.25, 0.3) is 0 Å². The first-order chi connectivity index (χ1) is 17.6. The molecule has 0 saturated carbocycles. The number of carbonyl (C=O) groups excluding carboxylic acids is 3. The second-order valence-corrected chi connectivity index (χ2v) is 9.23. The van der Waals surface area contributed by atoms with Crippen molar-refractivity contribution < 1.29 is 23.9 Å². The van der Waals surface area contributed by atoms with E-state index < -0.39 is 23.8 Å². The monoisotopic (exact) mass is 498 g/mol. The summed E-state index contributed by atoms with van der Waals surface area (Å²) in [5, 5.41) is 1.82. The van der Waals surface area contributed by atoms with Gasteiger partial charge in [-0.1, -0.05) is 97.1 Å². The highest BCUT2D eigenvalue weighted by Crippen LogP contribution is 2.33. The number of Topliss-reactive ketones (excluding diaryl/α,β-unsaturated/α-hetero) is 1. The molecule has 0 radical (unpaired) electrons. The summed E-state index contributed by atoms with van der Waals surface area (Å²) in [6, 6.07) is 31.1. The van der Waals surface area contributed by atoms with Crippen LogP contribution in [-0.2, 0) is 32.3 Å². The summed E-state index contributed by atoms with van der Waals surface area (Å²) in [4.78, 5) is 40.5. The van der Waals surface area contributed by atoms with Crippen LogP contribution in [0.5, 0.6) is 0 Å². The molecule has 6 heteroatoms. The highest BCUT2D eigenvalue weighted by atomic mass is 32.1. The van der Waals surface area contributed by atoms with Crippen LogP contribution < -0.4 is 0 Å². The maximum atomic E-state index is 13.4. The van der Waals surface area contributed by atoms with E-state index in [0.29, 0.717) is 10.4 Å². The Morgan fingerprint density at radius 1 is 0.639 bits per heavy atom. The van der Waals surface area contributed by atoms with Crippen molar-refractivity contribution in [3.63, 3.8) is 0 Å². The van der Waals surface area contributed by atoms with E-state index in [4.69, 9.17) is 9.47 Å². The van der Waals surface area contributed by atoms with Crippen LogP contribution in [-0.4, -0.2) is 17.7 Å². The molecule has 0 aliphatic carbocycles. The van der Waals surface area contributed by atoms with E-state index in [2.05, 4.69) is 0 Å². The van der Waals surface area contributed by atoms with Crippen molar-refractivity contribution in [1.82, 2.24) is 0 Å². The molecule has 0 spiro atoms. The molecule has 0 fully saturated rings. The number of thiophene rings is 1. The van der Waals surface area contributed by atoms with Gasteiger partial charge in [-0.15, -0.1) is 11.3 Å². The van der Waals surface area contributed by atoms with Gasteiger partial charge < -0.3 is 9.47 Å². The van der Waals surface area contributed by atoms with Gasteiger partial charge in [0.15, 0.2) is 11.7 Å². The molecule has 182 valence electrons. The minimum absolute atomic E-state index is 0.0164. The zero-order valence-electron chi connectivity index (χ0n) is 19.6. The van der Waals surface area contributed by atoms with Crippen molar-refractivity contribution in [3.8, 4) is 0 Å². The molecule has 1 heterocycles. The van der Waals surface area contributed by atoms with Gasteiger partial charge in [0, 0.05) is 12.3 Å². The summed E-state index contributed by atoms with van der Waals surface area (Å²) in [5.74, 6) is -3.62. The Labute approximate surface area is 214 Å². The molecular weight excluding hydrogens is 472 g/mol. The number of carbonyl (C=O) groups is 3. The Bertz CT molecular complexity index is 1200. The van der Waals surface area contributed by atoms with E-state index in [1.54, 1.807) is 12.1 Å². The lowest BCUT2D eigenvalue weighted by Crippen LogP contribution is -2.34. The van der Waals surface area contributed by atoms with Gasteiger partial charge in [-0.2, -0.15) is 0 Å². The fourth-order valence-corrected chi connectivity index (χ4v) is 4.60. The molecule has 0 saturated heterocycles. The van der Waals surface area contributed by atoms with Crippen LogP contribution in [0.25, 0.3) is 0 Å². The second-order valence-electron chi connectivity index (χ2n) is 8.29. The number of ether oxygens (including phenoxy) is 2. The third-order valence-corrected chi connectivity index (χ3v) is 6.70. The first-order valence-corrected chi connectivity index (χ1v) is 12.5. The van der Waals surface area contributed by atoms with Crippen LogP contribution in [0.1, 0.15) is 38.7 Å². The lowest BCUT2D eigenvalue weighted by molar-refractivity contribution is -0.165. The molecule has 3 aromatic carbocycles. The van der Waals surface area contributed by atoms with Gasteiger partial charge in [0.1, 0.15) is 13.2 Å². The summed E-state index contributed by atoms with van der Waals surface area (Å²) in [7, 11) is 0. The van der Waals surface area contributed by atoms with Crippen LogP contribution >= 0.6 is 11.3 Å². The lowest BCUT2D eigenvalue weighted by atomic mass is 9.82. The van der Waals surface area contributed by atoms with Crippen LogP contribution in [0.2, 0.25) is 0 Å². The molecule has 36 heavy (non-hydrogen) atoms. The Morgan fingerprint density at radius 3 is 1.61 bits per heavy atom. The first kappa shape index (κ1) is 25.1. The lowest BCUT2D eigenvalue weighted by Gasteiger charge is -2.24. The standard InChI is InChI=1S/C30H26O5S/c31-26(27-17-10-18-36-27)19-25(24-15-8-3-9-16-24)28(29(32)34-20-22-11-4-1-5-12-22)30(33)35-21-23-13-6-2-7-14-23/h1-18,25,28H,19-21H2/t25-/m1/s1. The molecule has 0 aliphatic rings. The van der Waals surface area contributed by atoms with E-state index in [1.165, 1.54) is 11.3 Å². The van der Waals surface area contributed by atoms with Crippen molar-refractivity contribution in [1.29, 1.82) is 0 Å². The first-order valence-electron chi connectivity index (χ1n) is 11.6. The maximum absolute atomic E-state index is 13.4. The van der Waals surface area contributed by atoms with E-state index in [-0.39, 0.29) is 25.4 Å². The highest BCUT2D eigenvalue weighted by molar-refractivity contribution is 7.12. The van der Waals surface area contributed by atoms with E-state index in [0.717, 1.165) is 11.1 Å². The Balaban J connectivity index is 1.61. The molecule has 4 aromatic rings. The molecule has 0 aliphatic heterocycles. The summed E-state index contributed by atoms with van der Waals surface area (Å²) in [5.41, 5.74) is 2.29. The van der Waals surface area contributed by atoms with Gasteiger partial charge in [-0.25, -0.2) is 0 Å². The fourth-order valence-electron chi connectivity index (χ4n) is 3.93. The molecule has 0 amide bonds. The van der Waals surface area contributed by atoms with Gasteiger partial charge >= 0.3 is 11.9 Å². The van der Waals surface area contributed by atoms with E-state index in [9.17, 15) is 14.4 Å². The average molecular weight is 499 g/mol. The van der Waals surface area contributed by atoms with Crippen LogP contribution in [0.15, 0.2) is 109 Å². The number of rotatable bonds is 11. The summed E-state index contributed by atoms with van der Waals surface area (Å²) >= 11 is 1.33. The minimum Gasteiger partial charge on any atom is -0.460 e. The van der Waals surface area contributed by atoms with E-state index >= 15 is 0 Å². The van der Waals surface area contributed by atoms with Crippen molar-refractivity contribution in [2.24, 2.45) is 5.92 Å². The van der Waals surface area contributed by atoms with Gasteiger partial charge in [-0.05, 0) is 28.1 Å². The average Bonchev–Trinajstić information content (AvgIpc) is 3.47. The van der Waals surface area contributed by atoms with Gasteiger partial charge in [-0.3, -0.25) is 14.4 Å². The summed E-state index contributed by atoms with van der Waals surface area (Å²) < 4.78 is 11.2.